The third-order valence-electron chi connectivity index (χ3n) is 4.43. The van der Waals surface area contributed by atoms with E-state index in [0.717, 1.165) is 11.3 Å². The van der Waals surface area contributed by atoms with Gasteiger partial charge in [-0.25, -0.2) is 4.79 Å². The van der Waals surface area contributed by atoms with E-state index in [2.05, 4.69) is 5.32 Å². The Morgan fingerprint density at radius 3 is 2.41 bits per heavy atom. The van der Waals surface area contributed by atoms with Crippen molar-refractivity contribution in [1.29, 1.82) is 0 Å². The molecule has 8 heteroatoms. The average molecular weight is 419 g/mol. The number of rotatable bonds is 8. The number of esters is 1. The molecular weight excluding hydrogens is 392 g/mol. The summed E-state index contributed by atoms with van der Waals surface area (Å²) in [4.78, 5) is 40.2. The fourth-order valence-corrected chi connectivity index (χ4v) is 4.01. The largest absolute Gasteiger partial charge is 0.497 e. The van der Waals surface area contributed by atoms with Gasteiger partial charge < -0.3 is 19.7 Å². The number of ether oxygens (including phenoxy) is 2. The zero-order valence-electron chi connectivity index (χ0n) is 17.3. The molecule has 7 nitrogen and oxygen atoms in total. The SMILES string of the molecule is CCOC(=O)c1c(NC(=O)c2cccc(OC)c2)sc(C(=O)N(CC)CC)c1C. The number of hydrogen-bond donors (Lipinski definition) is 1. The quantitative estimate of drug-likeness (QED) is 0.656. The monoisotopic (exact) mass is 418 g/mol. The first-order valence-corrected chi connectivity index (χ1v) is 10.2. The summed E-state index contributed by atoms with van der Waals surface area (Å²) < 4.78 is 10.3. The summed E-state index contributed by atoms with van der Waals surface area (Å²) in [5, 5.41) is 3.06. The van der Waals surface area contributed by atoms with E-state index in [1.807, 2.05) is 13.8 Å². The van der Waals surface area contributed by atoms with Gasteiger partial charge >= 0.3 is 5.97 Å². The number of hydrogen-bond acceptors (Lipinski definition) is 6. The summed E-state index contributed by atoms with van der Waals surface area (Å²) in [5.74, 6) is -0.605. The van der Waals surface area contributed by atoms with Gasteiger partial charge in [-0.3, -0.25) is 9.59 Å². The minimum absolute atomic E-state index is 0.176. The molecule has 2 amide bonds. The van der Waals surface area contributed by atoms with Crippen molar-refractivity contribution in [3.8, 4) is 5.75 Å². The van der Waals surface area contributed by atoms with E-state index in [1.54, 1.807) is 43.0 Å². The second-order valence-electron chi connectivity index (χ2n) is 6.14. The first kappa shape index (κ1) is 22.4. The number of nitrogens with zero attached hydrogens (tertiary/aromatic N) is 1. The molecule has 0 aliphatic carbocycles. The normalized spacial score (nSPS) is 10.4. The van der Waals surface area contributed by atoms with Crippen molar-refractivity contribution in [1.82, 2.24) is 4.90 Å². The first-order chi connectivity index (χ1) is 13.9. The Bertz CT molecular complexity index is 902. The number of thiophene rings is 1. The van der Waals surface area contributed by atoms with E-state index >= 15 is 0 Å². The van der Waals surface area contributed by atoms with Crippen LogP contribution in [0.4, 0.5) is 5.00 Å². The fourth-order valence-electron chi connectivity index (χ4n) is 2.85. The Morgan fingerprint density at radius 2 is 1.83 bits per heavy atom. The van der Waals surface area contributed by atoms with Gasteiger partial charge in [0.15, 0.2) is 0 Å². The first-order valence-electron chi connectivity index (χ1n) is 9.42. The lowest BCUT2D eigenvalue weighted by molar-refractivity contribution is 0.0527. The highest BCUT2D eigenvalue weighted by molar-refractivity contribution is 7.18. The van der Waals surface area contributed by atoms with Gasteiger partial charge in [0.25, 0.3) is 11.8 Å². The lowest BCUT2D eigenvalue weighted by atomic mass is 10.1. The second kappa shape index (κ2) is 10.1. The molecule has 0 saturated heterocycles. The van der Waals surface area contributed by atoms with Crippen LogP contribution in [0.5, 0.6) is 5.75 Å². The van der Waals surface area contributed by atoms with Crippen LogP contribution in [-0.2, 0) is 4.74 Å². The topological polar surface area (TPSA) is 84.9 Å². The molecule has 0 aliphatic rings. The van der Waals surface area contributed by atoms with E-state index in [-0.39, 0.29) is 18.1 Å². The smallest absolute Gasteiger partial charge is 0.341 e. The van der Waals surface area contributed by atoms with Crippen LogP contribution < -0.4 is 10.1 Å². The maximum absolute atomic E-state index is 12.9. The average Bonchev–Trinajstić information content (AvgIpc) is 3.04. The number of amides is 2. The maximum Gasteiger partial charge on any atom is 0.341 e. The summed E-state index contributed by atoms with van der Waals surface area (Å²) in [5.41, 5.74) is 1.09. The highest BCUT2D eigenvalue weighted by Crippen LogP contribution is 2.35. The van der Waals surface area contributed by atoms with Gasteiger partial charge in [0.1, 0.15) is 10.8 Å². The lowest BCUT2D eigenvalue weighted by Gasteiger charge is -2.18. The van der Waals surface area contributed by atoms with Crippen LogP contribution >= 0.6 is 11.3 Å². The standard InChI is InChI=1S/C21H26N2O5S/c1-6-23(7-2)20(25)17-13(4)16(21(26)28-8-3)19(29-17)22-18(24)14-10-9-11-15(12-14)27-5/h9-12H,6-8H2,1-5H3,(H,22,24). The van der Waals surface area contributed by atoms with Gasteiger partial charge in [0.05, 0.1) is 24.2 Å². The maximum atomic E-state index is 12.9. The Morgan fingerprint density at radius 1 is 1.14 bits per heavy atom. The number of methoxy groups -OCH3 is 1. The molecule has 0 bridgehead atoms. The molecule has 1 aromatic carbocycles. The summed E-state index contributed by atoms with van der Waals surface area (Å²) in [6.45, 7) is 8.47. The van der Waals surface area contributed by atoms with E-state index in [9.17, 15) is 14.4 Å². The molecule has 0 radical (unpaired) electrons. The third kappa shape index (κ3) is 4.95. The van der Waals surface area contributed by atoms with Crippen molar-refractivity contribution < 1.29 is 23.9 Å². The van der Waals surface area contributed by atoms with Crippen LogP contribution in [0.25, 0.3) is 0 Å². The second-order valence-corrected chi connectivity index (χ2v) is 7.16. The number of benzene rings is 1. The van der Waals surface area contributed by atoms with Crippen LogP contribution in [0.1, 0.15) is 56.7 Å². The third-order valence-corrected chi connectivity index (χ3v) is 5.63. The van der Waals surface area contributed by atoms with Crippen molar-refractivity contribution in [2.24, 2.45) is 0 Å². The van der Waals surface area contributed by atoms with Crippen LogP contribution in [0.3, 0.4) is 0 Å². The minimum atomic E-state index is -0.569. The van der Waals surface area contributed by atoms with Crippen LogP contribution in [0, 0.1) is 6.92 Å². The van der Waals surface area contributed by atoms with Crippen molar-refractivity contribution in [3.63, 3.8) is 0 Å². The Balaban J connectivity index is 2.45. The van der Waals surface area contributed by atoms with Gasteiger partial charge in [0, 0.05) is 18.7 Å². The molecule has 1 N–H and O–H groups in total. The van der Waals surface area contributed by atoms with Gasteiger partial charge in [-0.2, -0.15) is 0 Å². The molecule has 2 rings (SSSR count). The number of carbonyl (C=O) groups excluding carboxylic acids is 3. The van der Waals surface area contributed by atoms with Gasteiger partial charge in [-0.15, -0.1) is 11.3 Å². The van der Waals surface area contributed by atoms with Crippen molar-refractivity contribution in [3.05, 3.63) is 45.8 Å². The molecule has 156 valence electrons. The molecule has 1 aromatic heterocycles. The molecular formula is C21H26N2O5S. The van der Waals surface area contributed by atoms with E-state index in [0.29, 0.717) is 39.8 Å². The Hall–Kier alpha value is -2.87. The molecule has 2 aromatic rings. The van der Waals surface area contributed by atoms with Crippen molar-refractivity contribution in [2.45, 2.75) is 27.7 Å². The predicted molar refractivity (Wildman–Crippen MR) is 113 cm³/mol. The molecule has 1 heterocycles. The number of nitrogens with one attached hydrogen (secondary N) is 1. The van der Waals surface area contributed by atoms with Crippen LogP contribution in [0.15, 0.2) is 24.3 Å². The van der Waals surface area contributed by atoms with E-state index in [1.165, 1.54) is 7.11 Å². The Kier molecular flexibility index (Phi) is 7.78. The molecule has 0 saturated carbocycles. The molecule has 0 atom stereocenters. The van der Waals surface area contributed by atoms with E-state index < -0.39 is 11.9 Å². The van der Waals surface area contributed by atoms with Crippen LogP contribution in [-0.4, -0.2) is 49.5 Å². The minimum Gasteiger partial charge on any atom is -0.497 e. The zero-order chi connectivity index (χ0) is 21.6. The highest BCUT2D eigenvalue weighted by Gasteiger charge is 2.28. The highest BCUT2D eigenvalue weighted by atomic mass is 32.1. The van der Waals surface area contributed by atoms with Crippen molar-refractivity contribution in [2.75, 3.05) is 32.1 Å². The predicted octanol–water partition coefficient (Wildman–Crippen LogP) is 3.98. The summed E-state index contributed by atoms with van der Waals surface area (Å²) in [6, 6.07) is 6.68. The Labute approximate surface area is 174 Å². The molecule has 0 unspecified atom stereocenters. The summed E-state index contributed by atoms with van der Waals surface area (Å²) >= 11 is 1.09. The van der Waals surface area contributed by atoms with Crippen molar-refractivity contribution >= 4 is 34.1 Å². The number of carbonyl (C=O) groups is 3. The molecule has 0 spiro atoms. The molecule has 29 heavy (non-hydrogen) atoms. The lowest BCUT2D eigenvalue weighted by Crippen LogP contribution is -2.30. The molecule has 0 fully saturated rings. The van der Waals surface area contributed by atoms with Gasteiger partial charge in [0.2, 0.25) is 0 Å². The summed E-state index contributed by atoms with van der Waals surface area (Å²) in [6.07, 6.45) is 0. The van der Waals surface area contributed by atoms with Gasteiger partial charge in [-0.1, -0.05) is 6.07 Å². The van der Waals surface area contributed by atoms with E-state index in [4.69, 9.17) is 9.47 Å². The number of anilines is 1. The fraction of sp³-hybridized carbons (Fsp3) is 0.381. The van der Waals surface area contributed by atoms with Gasteiger partial charge in [-0.05, 0) is 51.5 Å². The van der Waals surface area contributed by atoms with Crippen LogP contribution in [0.2, 0.25) is 0 Å². The zero-order valence-corrected chi connectivity index (χ0v) is 18.1. The summed E-state index contributed by atoms with van der Waals surface area (Å²) in [7, 11) is 1.52. The molecule has 0 aliphatic heterocycles.